The molecule has 1 saturated heterocycles. The summed E-state index contributed by atoms with van der Waals surface area (Å²) >= 11 is 0. The van der Waals surface area contributed by atoms with Crippen molar-refractivity contribution in [2.75, 3.05) is 6.54 Å². The van der Waals surface area contributed by atoms with Crippen LogP contribution >= 0.6 is 0 Å². The molecule has 1 aromatic rings. The number of nitrogens with one attached hydrogen (secondary N) is 2. The highest BCUT2D eigenvalue weighted by Gasteiger charge is 2.63. The van der Waals surface area contributed by atoms with Gasteiger partial charge in [0.15, 0.2) is 0 Å². The Morgan fingerprint density at radius 2 is 2.19 bits per heavy atom. The predicted octanol–water partition coefficient (Wildman–Crippen LogP) is 0.789. The van der Waals surface area contributed by atoms with Crippen LogP contribution in [0.1, 0.15) is 18.0 Å². The SMILES string of the molecule is CB(O)NC12CC1CNC2c1ccccc1. The first-order valence-electron chi connectivity index (χ1n) is 5.96. The minimum absolute atomic E-state index is 0.0928. The highest BCUT2D eigenvalue weighted by molar-refractivity contribution is 6.45. The summed E-state index contributed by atoms with van der Waals surface area (Å²) in [6.07, 6.45) is 1.17. The largest absolute Gasteiger partial charge is 0.437 e. The number of hydrogen-bond donors (Lipinski definition) is 3. The van der Waals surface area contributed by atoms with E-state index in [0.717, 1.165) is 6.54 Å². The molecular weight excluding hydrogens is 199 g/mol. The van der Waals surface area contributed by atoms with Gasteiger partial charge >= 0.3 is 7.05 Å². The van der Waals surface area contributed by atoms with E-state index in [2.05, 4.69) is 34.8 Å². The summed E-state index contributed by atoms with van der Waals surface area (Å²) in [6, 6.07) is 10.8. The Hall–Kier alpha value is -0.835. The Morgan fingerprint density at radius 1 is 1.44 bits per heavy atom. The molecule has 0 amide bonds. The first-order valence-corrected chi connectivity index (χ1v) is 5.96. The molecule has 4 heteroatoms. The van der Waals surface area contributed by atoms with Gasteiger partial charge in [-0.1, -0.05) is 30.3 Å². The van der Waals surface area contributed by atoms with Crippen molar-refractivity contribution in [3.8, 4) is 0 Å². The van der Waals surface area contributed by atoms with Gasteiger partial charge in [0, 0.05) is 18.1 Å². The first-order chi connectivity index (χ1) is 7.72. The van der Waals surface area contributed by atoms with Crippen LogP contribution in [-0.2, 0) is 0 Å². The summed E-state index contributed by atoms with van der Waals surface area (Å²) in [5.41, 5.74) is 1.41. The fourth-order valence-corrected chi connectivity index (χ4v) is 3.11. The molecule has 1 heterocycles. The van der Waals surface area contributed by atoms with E-state index < -0.39 is 7.05 Å². The molecule has 16 heavy (non-hydrogen) atoms. The maximum absolute atomic E-state index is 9.53. The minimum Gasteiger partial charge on any atom is -0.437 e. The van der Waals surface area contributed by atoms with Gasteiger partial charge in [-0.05, 0) is 24.7 Å². The van der Waals surface area contributed by atoms with E-state index in [-0.39, 0.29) is 5.54 Å². The van der Waals surface area contributed by atoms with E-state index in [1.165, 1.54) is 12.0 Å². The molecule has 0 radical (unpaired) electrons. The quantitative estimate of drug-likeness (QED) is 0.654. The lowest BCUT2D eigenvalue weighted by molar-refractivity contribution is 0.436. The summed E-state index contributed by atoms with van der Waals surface area (Å²) < 4.78 is 0. The zero-order chi connectivity index (χ0) is 11.2. The van der Waals surface area contributed by atoms with Gasteiger partial charge in [0.25, 0.3) is 0 Å². The van der Waals surface area contributed by atoms with Crippen LogP contribution in [0.3, 0.4) is 0 Å². The van der Waals surface area contributed by atoms with E-state index >= 15 is 0 Å². The molecule has 3 unspecified atom stereocenters. The van der Waals surface area contributed by atoms with Crippen molar-refractivity contribution in [2.45, 2.75) is 24.8 Å². The standard InChI is InChI=1S/C12H17BN2O/c1-13(16)15-12-7-10(12)8-14-11(12)9-5-3-2-4-6-9/h2-6,10-11,14-16H,7-8H2,1H3. The highest BCUT2D eigenvalue weighted by atomic mass is 16.2. The molecule has 0 spiro atoms. The topological polar surface area (TPSA) is 44.3 Å². The van der Waals surface area contributed by atoms with Crippen molar-refractivity contribution in [3.63, 3.8) is 0 Å². The lowest BCUT2D eigenvalue weighted by atomic mass is 9.83. The van der Waals surface area contributed by atoms with E-state index in [9.17, 15) is 5.02 Å². The Labute approximate surface area is 96.4 Å². The average Bonchev–Trinajstić information content (AvgIpc) is 2.84. The Bertz CT molecular complexity index is 384. The van der Waals surface area contributed by atoms with Crippen LogP contribution in [0.4, 0.5) is 0 Å². The van der Waals surface area contributed by atoms with E-state index in [1.807, 2.05) is 6.07 Å². The lowest BCUT2D eigenvalue weighted by Gasteiger charge is -2.26. The molecule has 1 aliphatic heterocycles. The van der Waals surface area contributed by atoms with E-state index in [1.54, 1.807) is 6.82 Å². The second-order valence-electron chi connectivity index (χ2n) is 5.01. The van der Waals surface area contributed by atoms with Gasteiger partial charge < -0.3 is 15.6 Å². The van der Waals surface area contributed by atoms with Gasteiger partial charge in [-0.2, -0.15) is 0 Å². The number of piperidine rings is 1. The molecular formula is C12H17BN2O. The third-order valence-corrected chi connectivity index (χ3v) is 3.85. The van der Waals surface area contributed by atoms with Crippen molar-refractivity contribution in [1.29, 1.82) is 0 Å². The molecule has 2 fully saturated rings. The van der Waals surface area contributed by atoms with Crippen molar-refractivity contribution in [1.82, 2.24) is 10.5 Å². The molecule has 2 aliphatic rings. The minimum atomic E-state index is -0.434. The molecule has 3 N–H and O–H groups in total. The van der Waals surface area contributed by atoms with Crippen LogP contribution in [0.25, 0.3) is 0 Å². The number of hydrogen-bond acceptors (Lipinski definition) is 3. The van der Waals surface area contributed by atoms with Crippen LogP contribution in [0.15, 0.2) is 30.3 Å². The van der Waals surface area contributed by atoms with Crippen LogP contribution in [0.5, 0.6) is 0 Å². The molecule has 1 aromatic carbocycles. The molecule has 3 rings (SSSR count). The third-order valence-electron chi connectivity index (χ3n) is 3.85. The number of benzene rings is 1. The number of fused-ring (bicyclic) bond motifs is 1. The normalized spacial score (nSPS) is 35.9. The molecule has 0 bridgehead atoms. The molecule has 0 aromatic heterocycles. The molecule has 3 nitrogen and oxygen atoms in total. The van der Waals surface area contributed by atoms with Crippen LogP contribution < -0.4 is 10.5 Å². The van der Waals surface area contributed by atoms with Crippen molar-refractivity contribution in [2.24, 2.45) is 5.92 Å². The fourth-order valence-electron chi connectivity index (χ4n) is 3.11. The zero-order valence-electron chi connectivity index (χ0n) is 9.48. The molecule has 3 atom stereocenters. The molecule has 84 valence electrons. The summed E-state index contributed by atoms with van der Waals surface area (Å²) in [5.74, 6) is 0.673. The van der Waals surface area contributed by atoms with Gasteiger partial charge in [0.2, 0.25) is 0 Å². The van der Waals surface area contributed by atoms with E-state index in [0.29, 0.717) is 12.0 Å². The van der Waals surface area contributed by atoms with Gasteiger partial charge in [0.05, 0.1) is 0 Å². The second kappa shape index (κ2) is 3.59. The second-order valence-corrected chi connectivity index (χ2v) is 5.01. The summed E-state index contributed by atoms with van der Waals surface area (Å²) in [4.78, 5) is 0. The van der Waals surface area contributed by atoms with Crippen molar-refractivity contribution >= 4 is 7.05 Å². The molecule has 1 aliphatic carbocycles. The Morgan fingerprint density at radius 3 is 2.81 bits per heavy atom. The summed E-state index contributed by atoms with van der Waals surface area (Å²) in [7, 11) is -0.434. The first kappa shape index (κ1) is 10.3. The van der Waals surface area contributed by atoms with Gasteiger partial charge in [-0.15, -0.1) is 0 Å². The van der Waals surface area contributed by atoms with Crippen LogP contribution in [-0.4, -0.2) is 24.2 Å². The highest BCUT2D eigenvalue weighted by Crippen LogP contribution is 2.55. The monoisotopic (exact) mass is 216 g/mol. The summed E-state index contributed by atoms with van der Waals surface area (Å²) in [5, 5.41) is 16.4. The van der Waals surface area contributed by atoms with Crippen LogP contribution in [0, 0.1) is 5.92 Å². The smallest absolute Gasteiger partial charge is 0.374 e. The fraction of sp³-hybridized carbons (Fsp3) is 0.500. The average molecular weight is 216 g/mol. The lowest BCUT2D eigenvalue weighted by Crippen LogP contribution is -2.47. The number of rotatable bonds is 3. The maximum atomic E-state index is 9.53. The van der Waals surface area contributed by atoms with Gasteiger partial charge in [-0.3, -0.25) is 0 Å². The van der Waals surface area contributed by atoms with Crippen LogP contribution in [0.2, 0.25) is 6.82 Å². The van der Waals surface area contributed by atoms with Gasteiger partial charge in [-0.25, -0.2) is 0 Å². The Balaban J connectivity index is 1.86. The van der Waals surface area contributed by atoms with Crippen molar-refractivity contribution in [3.05, 3.63) is 35.9 Å². The van der Waals surface area contributed by atoms with Crippen molar-refractivity contribution < 1.29 is 5.02 Å². The summed E-state index contributed by atoms with van der Waals surface area (Å²) in [6.45, 7) is 2.85. The molecule has 1 saturated carbocycles. The third kappa shape index (κ3) is 1.49. The Kier molecular flexibility index (Phi) is 2.31. The van der Waals surface area contributed by atoms with Gasteiger partial charge in [0.1, 0.15) is 0 Å². The zero-order valence-corrected chi connectivity index (χ0v) is 9.48. The van der Waals surface area contributed by atoms with E-state index in [4.69, 9.17) is 0 Å². The predicted molar refractivity (Wildman–Crippen MR) is 65.0 cm³/mol. The maximum Gasteiger partial charge on any atom is 0.374 e.